The summed E-state index contributed by atoms with van der Waals surface area (Å²) in [5.74, 6) is 1.55. The lowest BCUT2D eigenvalue weighted by molar-refractivity contribution is 0.0122. The maximum atomic E-state index is 16.9. The minimum absolute atomic E-state index is 0.0110. The first-order valence-corrected chi connectivity index (χ1v) is 17.3. The van der Waals surface area contributed by atoms with Crippen LogP contribution in [0.15, 0.2) is 36.5 Å². The molecule has 12 heteroatoms. The summed E-state index contributed by atoms with van der Waals surface area (Å²) >= 11 is 0. The number of piperazine rings is 1. The summed E-state index contributed by atoms with van der Waals surface area (Å²) in [4.78, 5) is 33.2. The number of ether oxygens (including phenoxy) is 2. The molecule has 0 N–H and O–H groups in total. The van der Waals surface area contributed by atoms with Gasteiger partial charge in [0.25, 0.3) is 0 Å². The van der Waals surface area contributed by atoms with Crippen molar-refractivity contribution in [1.29, 1.82) is 0 Å². The Kier molecular flexibility index (Phi) is 7.82. The van der Waals surface area contributed by atoms with Gasteiger partial charge in [0.05, 0.1) is 28.6 Å². The number of alkyl halides is 1. The molecule has 9 nitrogen and oxygen atoms in total. The van der Waals surface area contributed by atoms with Gasteiger partial charge in [0, 0.05) is 43.2 Å². The second-order valence-corrected chi connectivity index (χ2v) is 15.0. The van der Waals surface area contributed by atoms with Crippen molar-refractivity contribution in [2.75, 3.05) is 37.7 Å². The zero-order chi connectivity index (χ0) is 34.9. The van der Waals surface area contributed by atoms with Crippen LogP contribution >= 0.6 is 0 Å². The van der Waals surface area contributed by atoms with Crippen molar-refractivity contribution in [1.82, 2.24) is 24.8 Å². The quantitative estimate of drug-likeness (QED) is 0.216. The summed E-state index contributed by atoms with van der Waals surface area (Å²) in [5, 5.41) is 1.40. The zero-order valence-corrected chi connectivity index (χ0v) is 28.4. The number of hydrogen-bond donors (Lipinski definition) is 0. The molecule has 4 atom stereocenters. The molecular formula is C38H39F3N6O3. The normalized spacial score (nSPS) is 24.9. The molecule has 4 saturated heterocycles. The van der Waals surface area contributed by atoms with E-state index < -0.39 is 28.9 Å². The Labute approximate surface area is 288 Å². The molecule has 0 aliphatic carbocycles. The van der Waals surface area contributed by atoms with E-state index in [0.29, 0.717) is 53.6 Å². The van der Waals surface area contributed by atoms with Gasteiger partial charge in [-0.05, 0) is 64.5 Å². The number of halogens is 3. The minimum Gasteiger partial charge on any atom is -0.461 e. The Morgan fingerprint density at radius 1 is 1.10 bits per heavy atom. The van der Waals surface area contributed by atoms with Gasteiger partial charge in [-0.2, -0.15) is 9.97 Å². The number of fused-ring (bicyclic) bond motifs is 5. The summed E-state index contributed by atoms with van der Waals surface area (Å²) in [5.41, 5.74) is -0.780. The molecular weight excluding hydrogens is 645 g/mol. The van der Waals surface area contributed by atoms with Crippen molar-refractivity contribution in [3.8, 4) is 29.6 Å². The molecule has 2 bridgehead atoms. The van der Waals surface area contributed by atoms with Crippen LogP contribution in [0.1, 0.15) is 58.4 Å². The van der Waals surface area contributed by atoms with Crippen LogP contribution in [0, 0.1) is 24.0 Å². The van der Waals surface area contributed by atoms with Gasteiger partial charge in [-0.1, -0.05) is 30.2 Å². The van der Waals surface area contributed by atoms with Gasteiger partial charge in [-0.25, -0.2) is 18.0 Å². The lowest BCUT2D eigenvalue weighted by atomic mass is 9.95. The van der Waals surface area contributed by atoms with E-state index in [1.807, 2.05) is 30.6 Å². The van der Waals surface area contributed by atoms with Crippen molar-refractivity contribution in [3.05, 3.63) is 53.7 Å². The molecule has 0 saturated carbocycles. The number of rotatable bonds is 5. The third-order valence-corrected chi connectivity index (χ3v) is 10.7. The third-order valence-electron chi connectivity index (χ3n) is 10.7. The van der Waals surface area contributed by atoms with E-state index in [1.54, 1.807) is 24.3 Å². The van der Waals surface area contributed by atoms with Crippen molar-refractivity contribution in [2.24, 2.45) is 0 Å². The van der Waals surface area contributed by atoms with Gasteiger partial charge >= 0.3 is 12.1 Å². The summed E-state index contributed by atoms with van der Waals surface area (Å²) in [6.07, 6.45) is 9.66. The van der Waals surface area contributed by atoms with E-state index in [-0.39, 0.29) is 47.6 Å². The van der Waals surface area contributed by atoms with E-state index in [4.69, 9.17) is 20.9 Å². The molecule has 2 aromatic carbocycles. The van der Waals surface area contributed by atoms with Gasteiger partial charge in [-0.15, -0.1) is 6.42 Å². The highest BCUT2D eigenvalue weighted by Gasteiger charge is 2.50. The summed E-state index contributed by atoms with van der Waals surface area (Å²) in [6.45, 7) is 7.77. The standard InChI is InChI=1S/C38H39F3N6O3/c1-5-26-29(40)13-10-22-8-6-9-27(30(22)26)32-31(41)33-28(17-42-32)34(44-35(43-33)49-21-38-14-7-15-46(38)18-23(39)16-38)45-19-24-11-12-25(20-45)47(24)36(48)50-37(2,3)4/h1,6,8-10,13,17,23-25H,7,11-12,14-16,18-21H2,2-4H3/t23-,24-,25+,38+/m1/s1. The fraction of sp³-hybridized carbons (Fsp3) is 0.474. The predicted octanol–water partition coefficient (Wildman–Crippen LogP) is 6.65. The zero-order valence-electron chi connectivity index (χ0n) is 28.4. The number of hydrogen-bond acceptors (Lipinski definition) is 8. The first kappa shape index (κ1) is 32.6. The Morgan fingerprint density at radius 2 is 1.88 bits per heavy atom. The Hall–Kier alpha value is -4.63. The third kappa shape index (κ3) is 5.46. The average Bonchev–Trinajstić information content (AvgIpc) is 3.69. The van der Waals surface area contributed by atoms with Crippen LogP contribution < -0.4 is 9.64 Å². The fourth-order valence-electron chi connectivity index (χ4n) is 8.54. The number of pyridine rings is 1. The molecule has 2 aromatic heterocycles. The summed E-state index contributed by atoms with van der Waals surface area (Å²) in [7, 11) is 0. The minimum atomic E-state index is -0.937. The van der Waals surface area contributed by atoms with E-state index in [1.165, 1.54) is 12.3 Å². The Balaban J connectivity index is 1.22. The molecule has 1 amide bonds. The second kappa shape index (κ2) is 12.0. The summed E-state index contributed by atoms with van der Waals surface area (Å²) in [6, 6.07) is 7.80. The molecule has 6 heterocycles. The number of nitrogens with zero attached hydrogens (tertiary/aromatic N) is 6. The van der Waals surface area contributed by atoms with E-state index in [9.17, 15) is 13.6 Å². The lowest BCUT2D eigenvalue weighted by Crippen LogP contribution is -2.57. The molecule has 4 fully saturated rings. The smallest absolute Gasteiger partial charge is 0.410 e. The molecule has 260 valence electrons. The van der Waals surface area contributed by atoms with Crippen LogP contribution in [-0.4, -0.2) is 93.0 Å². The number of carbonyl (C=O) groups excluding carboxylic acids is 1. The molecule has 4 aromatic rings. The van der Waals surface area contributed by atoms with Crippen LogP contribution in [0.3, 0.4) is 0 Å². The van der Waals surface area contributed by atoms with Gasteiger partial charge < -0.3 is 14.4 Å². The van der Waals surface area contributed by atoms with Gasteiger partial charge in [0.1, 0.15) is 41.2 Å². The van der Waals surface area contributed by atoms with E-state index in [2.05, 4.69) is 20.8 Å². The van der Waals surface area contributed by atoms with Crippen molar-refractivity contribution < 1.29 is 27.4 Å². The van der Waals surface area contributed by atoms with Crippen molar-refractivity contribution in [2.45, 2.75) is 82.3 Å². The molecule has 0 unspecified atom stereocenters. The highest BCUT2D eigenvalue weighted by atomic mass is 19.1. The van der Waals surface area contributed by atoms with Crippen molar-refractivity contribution in [3.63, 3.8) is 0 Å². The Morgan fingerprint density at radius 3 is 2.62 bits per heavy atom. The highest BCUT2D eigenvalue weighted by Crippen LogP contribution is 2.42. The fourth-order valence-corrected chi connectivity index (χ4v) is 8.54. The van der Waals surface area contributed by atoms with Crippen LogP contribution in [0.4, 0.5) is 23.8 Å². The number of anilines is 1. The van der Waals surface area contributed by atoms with Gasteiger partial charge in [0.15, 0.2) is 5.82 Å². The number of benzene rings is 2. The van der Waals surface area contributed by atoms with E-state index in [0.717, 1.165) is 32.2 Å². The molecule has 50 heavy (non-hydrogen) atoms. The number of terminal acetylenes is 1. The number of aromatic nitrogens is 3. The van der Waals surface area contributed by atoms with Crippen LogP contribution in [0.5, 0.6) is 6.01 Å². The second-order valence-electron chi connectivity index (χ2n) is 15.0. The van der Waals surface area contributed by atoms with Crippen molar-refractivity contribution >= 4 is 33.6 Å². The highest BCUT2D eigenvalue weighted by molar-refractivity contribution is 6.02. The largest absolute Gasteiger partial charge is 0.461 e. The maximum absolute atomic E-state index is 16.9. The van der Waals surface area contributed by atoms with Crippen LogP contribution in [0.2, 0.25) is 0 Å². The molecule has 8 rings (SSSR count). The first-order valence-electron chi connectivity index (χ1n) is 17.3. The molecule has 4 aliphatic rings. The molecule has 0 spiro atoms. The predicted molar refractivity (Wildman–Crippen MR) is 184 cm³/mol. The van der Waals surface area contributed by atoms with Crippen LogP contribution in [-0.2, 0) is 4.74 Å². The lowest BCUT2D eigenvalue weighted by Gasteiger charge is -2.42. The monoisotopic (exact) mass is 684 g/mol. The Bertz CT molecular complexity index is 2050. The number of amides is 1. The SMILES string of the molecule is C#Cc1c(F)ccc2cccc(-c3ncc4c(N5C[C@H]6CC[C@@H](C5)N6C(=O)OC(C)(C)C)nc(OC[C@@]56CCCN5C[C@H](F)C6)nc4c3F)c12. The first-order chi connectivity index (χ1) is 23.9. The number of carbonyl (C=O) groups is 1. The molecule has 0 radical (unpaired) electrons. The average molecular weight is 685 g/mol. The van der Waals surface area contributed by atoms with Gasteiger partial charge in [-0.3, -0.25) is 14.8 Å². The van der Waals surface area contributed by atoms with Crippen LogP contribution in [0.25, 0.3) is 32.9 Å². The summed E-state index contributed by atoms with van der Waals surface area (Å²) < 4.78 is 58.4. The van der Waals surface area contributed by atoms with E-state index >= 15 is 4.39 Å². The molecule has 4 aliphatic heterocycles. The van der Waals surface area contributed by atoms with Gasteiger partial charge in [0.2, 0.25) is 0 Å². The topological polar surface area (TPSA) is 83.9 Å². The maximum Gasteiger partial charge on any atom is 0.410 e.